The Balaban J connectivity index is 1.67. The van der Waals surface area contributed by atoms with Gasteiger partial charge in [-0.2, -0.15) is 0 Å². The Morgan fingerprint density at radius 2 is 2.00 bits per heavy atom. The number of pyridine rings is 1. The fraction of sp³-hybridized carbons (Fsp3) is 0.269. The van der Waals surface area contributed by atoms with Gasteiger partial charge in [0, 0.05) is 50.0 Å². The van der Waals surface area contributed by atoms with Crippen LogP contribution in [0.4, 0.5) is 11.6 Å². The Bertz CT molecular complexity index is 1900. The van der Waals surface area contributed by atoms with Gasteiger partial charge in [0.25, 0.3) is 0 Å². The fourth-order valence-corrected chi connectivity index (χ4v) is 5.21. The van der Waals surface area contributed by atoms with Crippen LogP contribution in [0, 0.1) is 11.3 Å². The lowest BCUT2D eigenvalue weighted by Crippen LogP contribution is -2.49. The van der Waals surface area contributed by atoms with Crippen LogP contribution in [0.1, 0.15) is 24.1 Å². The zero-order valence-electron chi connectivity index (χ0n) is 21.0. The summed E-state index contributed by atoms with van der Waals surface area (Å²) in [5.74, 6) is 0.346. The summed E-state index contributed by atoms with van der Waals surface area (Å²) >= 11 is 6.32. The molecule has 0 unspecified atom stereocenters. The van der Waals surface area contributed by atoms with E-state index in [-0.39, 0.29) is 17.1 Å². The zero-order chi connectivity index (χ0) is 26.7. The van der Waals surface area contributed by atoms with Crippen LogP contribution in [0.5, 0.6) is 0 Å². The minimum Gasteiger partial charge on any atom is -0.397 e. The number of anilines is 2. The van der Waals surface area contributed by atoms with E-state index in [1.807, 2.05) is 60.1 Å². The summed E-state index contributed by atoms with van der Waals surface area (Å²) in [6.45, 7) is 0.898. The molecule has 4 heterocycles. The molecule has 0 spiro atoms. The van der Waals surface area contributed by atoms with Crippen LogP contribution in [-0.2, 0) is 20.1 Å². The first-order chi connectivity index (χ1) is 18.2. The molecule has 1 aliphatic carbocycles. The maximum atomic E-state index is 13.4. The van der Waals surface area contributed by atoms with Crippen LogP contribution in [0.25, 0.3) is 22.2 Å². The highest BCUT2D eigenvalue weighted by atomic mass is 35.5. The molecule has 5 N–H and O–H groups in total. The SMILES string of the molecule is CN(Cc1ccnc2ccc(Cl)cc12)/C(c1cc(N)cn1C)=c1\c(=N)n(CC2CC2)c(=O)n2c(N)nnc12. The molecule has 38 heavy (non-hydrogen) atoms. The third kappa shape index (κ3) is 3.95. The molecule has 0 bridgehead atoms. The molecule has 194 valence electrons. The lowest BCUT2D eigenvalue weighted by atomic mass is 10.1. The Hall–Kier alpha value is -4.38. The third-order valence-corrected chi connectivity index (χ3v) is 7.30. The molecule has 1 saturated carbocycles. The van der Waals surface area contributed by atoms with E-state index in [1.165, 1.54) is 8.97 Å². The summed E-state index contributed by atoms with van der Waals surface area (Å²) in [5.41, 5.74) is 16.0. The minimum absolute atomic E-state index is 0.0148. The smallest absolute Gasteiger partial charge is 0.338 e. The molecule has 5 aromatic rings. The monoisotopic (exact) mass is 530 g/mol. The Morgan fingerprint density at radius 1 is 1.21 bits per heavy atom. The summed E-state index contributed by atoms with van der Waals surface area (Å²) in [6, 6.07) is 9.40. The number of nitrogens with two attached hydrogens (primary N) is 2. The second-order valence-corrected chi connectivity index (χ2v) is 10.3. The molecule has 12 heteroatoms. The normalized spacial score (nSPS) is 14.4. The van der Waals surface area contributed by atoms with E-state index >= 15 is 0 Å². The average molecular weight is 531 g/mol. The minimum atomic E-state index is -0.411. The van der Waals surface area contributed by atoms with Crippen molar-refractivity contribution in [2.45, 2.75) is 25.9 Å². The molecular weight excluding hydrogens is 504 g/mol. The predicted octanol–water partition coefficient (Wildman–Crippen LogP) is 1.49. The summed E-state index contributed by atoms with van der Waals surface area (Å²) in [4.78, 5) is 19.9. The van der Waals surface area contributed by atoms with Crippen LogP contribution in [0.2, 0.25) is 5.02 Å². The number of aromatic nitrogens is 6. The van der Waals surface area contributed by atoms with Crippen LogP contribution in [0.3, 0.4) is 0 Å². The van der Waals surface area contributed by atoms with E-state index in [1.54, 1.807) is 6.20 Å². The first kappa shape index (κ1) is 24.0. The van der Waals surface area contributed by atoms with Gasteiger partial charge in [-0.3, -0.25) is 15.0 Å². The highest BCUT2D eigenvalue weighted by Crippen LogP contribution is 2.30. The molecule has 0 saturated heterocycles. The molecule has 0 aliphatic heterocycles. The van der Waals surface area contributed by atoms with E-state index in [0.29, 0.717) is 40.6 Å². The molecule has 1 aromatic carbocycles. The second kappa shape index (κ2) is 8.88. The van der Waals surface area contributed by atoms with Gasteiger partial charge in [-0.05, 0) is 54.7 Å². The van der Waals surface area contributed by atoms with E-state index < -0.39 is 5.69 Å². The van der Waals surface area contributed by atoms with Crippen molar-refractivity contribution in [3.63, 3.8) is 0 Å². The van der Waals surface area contributed by atoms with Gasteiger partial charge in [0.1, 0.15) is 5.49 Å². The number of hydrogen-bond acceptors (Lipinski definition) is 8. The molecule has 4 aromatic heterocycles. The van der Waals surface area contributed by atoms with E-state index in [0.717, 1.165) is 35.0 Å². The first-order valence-electron chi connectivity index (χ1n) is 12.3. The lowest BCUT2D eigenvalue weighted by Gasteiger charge is -2.25. The van der Waals surface area contributed by atoms with Gasteiger partial charge in [-0.1, -0.05) is 11.6 Å². The number of nitrogens with one attached hydrogen (secondary N) is 1. The highest BCUT2D eigenvalue weighted by Gasteiger charge is 2.26. The Kier molecular flexibility index (Phi) is 5.60. The van der Waals surface area contributed by atoms with Crippen LogP contribution >= 0.6 is 11.6 Å². The quantitative estimate of drug-likeness (QED) is 0.301. The number of rotatable bonds is 6. The van der Waals surface area contributed by atoms with Crippen molar-refractivity contribution in [3.8, 4) is 0 Å². The second-order valence-electron chi connectivity index (χ2n) is 9.88. The van der Waals surface area contributed by atoms with Gasteiger partial charge in [-0.15, -0.1) is 10.2 Å². The van der Waals surface area contributed by atoms with Gasteiger partial charge in [0.2, 0.25) is 5.95 Å². The molecule has 11 nitrogen and oxygen atoms in total. The Morgan fingerprint density at radius 3 is 2.71 bits per heavy atom. The molecule has 0 atom stereocenters. The molecule has 0 amide bonds. The summed E-state index contributed by atoms with van der Waals surface area (Å²) in [7, 11) is 3.82. The molecule has 1 aliphatic rings. The van der Waals surface area contributed by atoms with Crippen molar-refractivity contribution >= 4 is 45.5 Å². The molecule has 0 radical (unpaired) electrons. The zero-order valence-corrected chi connectivity index (χ0v) is 21.8. The number of halogens is 1. The van der Waals surface area contributed by atoms with Crippen molar-refractivity contribution in [2.75, 3.05) is 18.5 Å². The number of benzene rings is 1. The van der Waals surface area contributed by atoms with Gasteiger partial charge in [0.05, 0.1) is 27.8 Å². The summed E-state index contributed by atoms with van der Waals surface area (Å²) in [5, 5.41) is 19.5. The fourth-order valence-electron chi connectivity index (χ4n) is 5.04. The van der Waals surface area contributed by atoms with Gasteiger partial charge in [0.15, 0.2) is 5.65 Å². The van der Waals surface area contributed by atoms with Crippen molar-refractivity contribution < 1.29 is 0 Å². The summed E-state index contributed by atoms with van der Waals surface area (Å²) < 4.78 is 4.66. The summed E-state index contributed by atoms with van der Waals surface area (Å²) in [6.07, 6.45) is 5.63. The van der Waals surface area contributed by atoms with E-state index in [2.05, 4.69) is 15.2 Å². The first-order valence-corrected chi connectivity index (χ1v) is 12.6. The van der Waals surface area contributed by atoms with Crippen molar-refractivity contribution in [2.24, 2.45) is 13.0 Å². The lowest BCUT2D eigenvalue weighted by molar-refractivity contribution is 0.467. The molecule has 6 rings (SSSR count). The number of fused-ring (bicyclic) bond motifs is 2. The third-order valence-electron chi connectivity index (χ3n) is 7.07. The van der Waals surface area contributed by atoms with Gasteiger partial charge < -0.3 is 20.9 Å². The number of hydrogen-bond donors (Lipinski definition) is 3. The van der Waals surface area contributed by atoms with E-state index in [4.69, 9.17) is 23.1 Å². The maximum Gasteiger partial charge on any atom is 0.338 e. The van der Waals surface area contributed by atoms with Crippen molar-refractivity contribution in [1.29, 1.82) is 5.41 Å². The number of nitrogen functional groups attached to an aromatic ring is 2. The molecular formula is C26H27ClN10O. The van der Waals surface area contributed by atoms with Gasteiger partial charge >= 0.3 is 5.69 Å². The highest BCUT2D eigenvalue weighted by molar-refractivity contribution is 6.31. The number of aryl methyl sites for hydroxylation is 1. The van der Waals surface area contributed by atoms with Crippen molar-refractivity contribution in [3.05, 3.63) is 80.2 Å². The number of nitrogens with zero attached hydrogens (tertiary/aromatic N) is 7. The van der Waals surface area contributed by atoms with Crippen LogP contribution in [-0.4, -0.2) is 40.7 Å². The van der Waals surface area contributed by atoms with Crippen molar-refractivity contribution in [1.82, 2.24) is 33.6 Å². The largest absolute Gasteiger partial charge is 0.397 e. The average Bonchev–Trinajstić information content (AvgIpc) is 3.53. The maximum absolute atomic E-state index is 13.4. The van der Waals surface area contributed by atoms with Gasteiger partial charge in [-0.25, -0.2) is 9.20 Å². The predicted molar refractivity (Wildman–Crippen MR) is 146 cm³/mol. The van der Waals surface area contributed by atoms with Crippen LogP contribution < -0.4 is 27.9 Å². The topological polar surface area (TPSA) is 149 Å². The standard InChI is InChI=1S/C26H27ClN10O/c1-34-13-17(28)10-20(34)22(35(2)12-15-7-8-31-19-6-5-16(27)9-18(15)19)21-23(29)36(11-14-3-4-14)26(38)37-24(21)32-33-25(37)30/h5-10,13-14,29H,3-4,11-12,28H2,1-2H3,(H2,30,33)/b22-21+,29-23?. The Labute approximate surface area is 222 Å². The molecule has 1 fully saturated rings. The van der Waals surface area contributed by atoms with E-state index in [9.17, 15) is 10.2 Å². The van der Waals surface area contributed by atoms with Crippen LogP contribution in [0.15, 0.2) is 47.5 Å².